The molecule has 0 fully saturated rings. The van der Waals surface area contributed by atoms with Crippen LogP contribution in [0.25, 0.3) is 0 Å². The maximum Gasteiger partial charge on any atom is 0.307 e. The third-order valence-electron chi connectivity index (χ3n) is 12.3. The zero-order valence-corrected chi connectivity index (χ0v) is 42.6. The molecule has 0 radical (unpaired) electrons. The minimum atomic E-state index is -1.19. The van der Waals surface area contributed by atoms with Crippen LogP contribution in [0.15, 0.2) is 36.5 Å². The van der Waals surface area contributed by atoms with E-state index < -0.39 is 24.3 Å². The predicted octanol–water partition coefficient (Wildman–Crippen LogP) is 17.4. The number of nitrogens with two attached hydrogens (primary N) is 1. The standard InChI is InChI=1S/C57H105NO6/c1-4-7-10-13-16-19-22-25-28-31-34-37-40-43-46-49-54(59)62-52-53(63-55(60)50-47-44-41-38-35-32-29-26-23-20-17-14-11-8-5-2)57(58)64-56(61)51-48-45-42-39-36-33-30-27-24-21-18-15-12-9-6-3/h25-30,53,57H,4-24,31-52,58H2,1-3H3. The van der Waals surface area contributed by atoms with Crippen LogP contribution in [0.4, 0.5) is 0 Å². The van der Waals surface area contributed by atoms with Crippen LogP contribution in [0, 0.1) is 0 Å². The fraction of sp³-hybridized carbons (Fsp3) is 0.842. The topological polar surface area (TPSA) is 105 Å². The Morgan fingerprint density at radius 2 is 0.594 bits per heavy atom. The maximum absolute atomic E-state index is 12.9. The second kappa shape index (κ2) is 51.6. The Labute approximate surface area is 396 Å². The van der Waals surface area contributed by atoms with E-state index in [1.54, 1.807) is 0 Å². The zero-order chi connectivity index (χ0) is 46.7. The van der Waals surface area contributed by atoms with Crippen molar-refractivity contribution in [3.05, 3.63) is 36.5 Å². The van der Waals surface area contributed by atoms with Gasteiger partial charge in [0.15, 0.2) is 12.3 Å². The van der Waals surface area contributed by atoms with E-state index in [9.17, 15) is 14.4 Å². The zero-order valence-electron chi connectivity index (χ0n) is 42.6. The Bertz CT molecular complexity index is 1100. The van der Waals surface area contributed by atoms with E-state index in [0.717, 1.165) is 96.3 Å². The van der Waals surface area contributed by atoms with Crippen LogP contribution in [-0.2, 0) is 28.6 Å². The van der Waals surface area contributed by atoms with E-state index in [1.807, 2.05) is 0 Å². The lowest BCUT2D eigenvalue weighted by molar-refractivity contribution is -0.175. The molecule has 2 atom stereocenters. The van der Waals surface area contributed by atoms with Crippen LogP contribution in [-0.4, -0.2) is 36.8 Å². The number of hydrogen-bond acceptors (Lipinski definition) is 7. The van der Waals surface area contributed by atoms with Gasteiger partial charge in [-0.15, -0.1) is 0 Å². The molecule has 0 heterocycles. The summed E-state index contributed by atoms with van der Waals surface area (Å²) < 4.78 is 16.8. The average Bonchev–Trinajstić information content (AvgIpc) is 3.28. The van der Waals surface area contributed by atoms with Crippen LogP contribution in [0.3, 0.4) is 0 Å². The van der Waals surface area contributed by atoms with Gasteiger partial charge in [-0.3, -0.25) is 20.1 Å². The number of hydrogen-bond donors (Lipinski definition) is 1. The van der Waals surface area contributed by atoms with Gasteiger partial charge in [0.1, 0.15) is 6.61 Å². The van der Waals surface area contributed by atoms with E-state index >= 15 is 0 Å². The highest BCUT2D eigenvalue weighted by atomic mass is 16.6. The molecule has 0 aromatic heterocycles. The summed E-state index contributed by atoms with van der Waals surface area (Å²) in [6, 6.07) is 0. The second-order valence-corrected chi connectivity index (χ2v) is 18.7. The first-order valence-electron chi connectivity index (χ1n) is 27.7. The summed E-state index contributed by atoms with van der Waals surface area (Å²) in [7, 11) is 0. The minimum Gasteiger partial charge on any atom is -0.462 e. The fourth-order valence-corrected chi connectivity index (χ4v) is 7.98. The van der Waals surface area contributed by atoms with E-state index in [1.165, 1.54) is 154 Å². The summed E-state index contributed by atoms with van der Waals surface area (Å²) >= 11 is 0. The summed E-state index contributed by atoms with van der Waals surface area (Å²) in [5.41, 5.74) is 6.30. The van der Waals surface area contributed by atoms with Gasteiger partial charge in [0, 0.05) is 19.3 Å². The van der Waals surface area contributed by atoms with E-state index in [4.69, 9.17) is 19.9 Å². The van der Waals surface area contributed by atoms with Gasteiger partial charge >= 0.3 is 17.9 Å². The first-order valence-corrected chi connectivity index (χ1v) is 27.7. The fourth-order valence-electron chi connectivity index (χ4n) is 7.98. The number of esters is 3. The molecule has 7 nitrogen and oxygen atoms in total. The van der Waals surface area contributed by atoms with E-state index in [0.29, 0.717) is 6.42 Å². The van der Waals surface area contributed by atoms with Gasteiger partial charge in [-0.25, -0.2) is 0 Å². The summed E-state index contributed by atoms with van der Waals surface area (Å²) in [6.45, 7) is 6.56. The number of ether oxygens (including phenoxy) is 3. The Hall–Kier alpha value is -2.41. The SMILES string of the molecule is CCCCCCCCC=CCCCCCCCC(=O)OCC(OC(=O)CCCCCCCC=CCCCCCCCC)C(N)OC(=O)CCCCCCCC=CCCCCCCCC. The largest absolute Gasteiger partial charge is 0.462 e. The third-order valence-corrected chi connectivity index (χ3v) is 12.3. The van der Waals surface area contributed by atoms with E-state index in [2.05, 4.69) is 57.2 Å². The highest BCUT2D eigenvalue weighted by Crippen LogP contribution is 2.15. The molecule has 0 amide bonds. The lowest BCUT2D eigenvalue weighted by atomic mass is 10.1. The van der Waals surface area contributed by atoms with Crippen molar-refractivity contribution in [1.29, 1.82) is 0 Å². The molecule has 64 heavy (non-hydrogen) atoms. The first kappa shape index (κ1) is 61.6. The summed E-state index contributed by atoms with van der Waals surface area (Å²) in [6.07, 6.45) is 58.9. The van der Waals surface area contributed by atoms with Crippen molar-refractivity contribution in [2.75, 3.05) is 6.61 Å². The normalized spacial score (nSPS) is 12.8. The molecule has 0 spiro atoms. The molecule has 0 rings (SSSR count). The number of allylic oxidation sites excluding steroid dienone is 6. The van der Waals surface area contributed by atoms with Crippen LogP contribution in [0.1, 0.15) is 290 Å². The molecule has 0 aliphatic heterocycles. The molecule has 0 aromatic carbocycles. The number of carbonyl (C=O) groups is 3. The minimum absolute atomic E-state index is 0.218. The van der Waals surface area contributed by atoms with Gasteiger partial charge in [0.25, 0.3) is 0 Å². The van der Waals surface area contributed by atoms with Crippen LogP contribution in [0.2, 0.25) is 0 Å². The Balaban J connectivity index is 4.52. The summed E-state index contributed by atoms with van der Waals surface area (Å²) in [5, 5.41) is 0. The molecule has 0 saturated heterocycles. The summed E-state index contributed by atoms with van der Waals surface area (Å²) in [4.78, 5) is 38.3. The predicted molar refractivity (Wildman–Crippen MR) is 273 cm³/mol. The third kappa shape index (κ3) is 47.5. The Morgan fingerprint density at radius 1 is 0.344 bits per heavy atom. The number of unbranched alkanes of at least 4 members (excludes halogenated alkanes) is 33. The monoisotopic (exact) mass is 900 g/mol. The average molecular weight is 900 g/mol. The van der Waals surface area contributed by atoms with Crippen molar-refractivity contribution in [3.63, 3.8) is 0 Å². The molecule has 0 aliphatic carbocycles. The second-order valence-electron chi connectivity index (χ2n) is 18.7. The van der Waals surface area contributed by atoms with Crippen molar-refractivity contribution in [3.8, 4) is 0 Å². The Kier molecular flexibility index (Phi) is 49.6. The highest BCUT2D eigenvalue weighted by molar-refractivity contribution is 5.71. The molecule has 0 saturated carbocycles. The van der Waals surface area contributed by atoms with Crippen molar-refractivity contribution in [2.45, 2.75) is 303 Å². The number of carbonyl (C=O) groups excluding carboxylic acids is 3. The smallest absolute Gasteiger partial charge is 0.307 e. The molecule has 0 aliphatic rings. The van der Waals surface area contributed by atoms with Crippen molar-refractivity contribution in [2.24, 2.45) is 5.73 Å². The molecule has 0 bridgehead atoms. The first-order chi connectivity index (χ1) is 31.4. The van der Waals surface area contributed by atoms with Gasteiger partial charge < -0.3 is 14.2 Å². The van der Waals surface area contributed by atoms with Crippen molar-refractivity contribution in [1.82, 2.24) is 0 Å². The van der Waals surface area contributed by atoms with Gasteiger partial charge in [-0.05, 0) is 96.3 Å². The molecular formula is C57H105NO6. The van der Waals surface area contributed by atoms with Crippen molar-refractivity contribution < 1.29 is 28.6 Å². The van der Waals surface area contributed by atoms with Crippen LogP contribution >= 0.6 is 0 Å². The van der Waals surface area contributed by atoms with Gasteiger partial charge in [0.05, 0.1) is 0 Å². The van der Waals surface area contributed by atoms with Gasteiger partial charge in [-0.2, -0.15) is 0 Å². The van der Waals surface area contributed by atoms with Crippen molar-refractivity contribution >= 4 is 17.9 Å². The molecule has 2 unspecified atom stereocenters. The summed E-state index contributed by atoms with van der Waals surface area (Å²) in [5.74, 6) is -1.16. The molecular weight excluding hydrogens is 795 g/mol. The lowest BCUT2D eigenvalue weighted by Gasteiger charge is -2.24. The van der Waals surface area contributed by atoms with E-state index in [-0.39, 0.29) is 25.4 Å². The van der Waals surface area contributed by atoms with Gasteiger partial charge in [0.2, 0.25) is 0 Å². The molecule has 0 aromatic rings. The van der Waals surface area contributed by atoms with Crippen LogP contribution < -0.4 is 5.73 Å². The van der Waals surface area contributed by atoms with Gasteiger partial charge in [-0.1, -0.05) is 211 Å². The Morgan fingerprint density at radius 3 is 0.906 bits per heavy atom. The maximum atomic E-state index is 12.9. The van der Waals surface area contributed by atoms with Crippen LogP contribution in [0.5, 0.6) is 0 Å². The lowest BCUT2D eigenvalue weighted by Crippen LogP contribution is -2.45. The number of rotatable bonds is 50. The molecule has 7 heteroatoms. The molecule has 374 valence electrons. The highest BCUT2D eigenvalue weighted by Gasteiger charge is 2.27. The molecule has 2 N–H and O–H groups in total. The quantitative estimate of drug-likeness (QED) is 0.0213.